The molecule has 0 bridgehead atoms. The molecule has 3 aromatic heterocycles. The van der Waals surface area contributed by atoms with Crippen LogP contribution in [0.15, 0.2) is 67.3 Å². The van der Waals surface area contributed by atoms with E-state index in [-0.39, 0.29) is 23.9 Å². The molecule has 0 aliphatic carbocycles. The maximum Gasteiger partial charge on any atom is 0.416 e. The monoisotopic (exact) mass is 451 g/mol. The average Bonchev–Trinajstić information content (AvgIpc) is 3.18. The number of nitrogen functional groups attached to an aromatic ring is 1. The van der Waals surface area contributed by atoms with Gasteiger partial charge in [0.1, 0.15) is 18.0 Å². The van der Waals surface area contributed by atoms with Crippen molar-refractivity contribution in [2.24, 2.45) is 0 Å². The van der Waals surface area contributed by atoms with Crippen molar-refractivity contribution in [3.05, 3.63) is 77.8 Å². The molecule has 0 fully saturated rings. The van der Waals surface area contributed by atoms with Gasteiger partial charge in [-0.25, -0.2) is 15.0 Å². The maximum atomic E-state index is 13.5. The molecule has 5 nitrogen and oxygen atoms in total. The van der Waals surface area contributed by atoms with E-state index in [1.807, 2.05) is 0 Å². The standard InChI is InChI=1S/C20H13ClF3N5.ClH/c21-15-4-1-12(2-5-15)16-7-14(20(22,23)24)8-19(28-16)29-10-17(27-11-29)13-3-6-18(25)26-9-13;/h1-11H,(H2,25,26);1H. The summed E-state index contributed by atoms with van der Waals surface area (Å²) in [7, 11) is 0. The number of nitrogens with zero attached hydrogens (tertiary/aromatic N) is 4. The van der Waals surface area contributed by atoms with Crippen LogP contribution in [0.2, 0.25) is 5.02 Å². The van der Waals surface area contributed by atoms with E-state index < -0.39 is 11.7 Å². The van der Waals surface area contributed by atoms with Crippen molar-refractivity contribution in [1.29, 1.82) is 0 Å². The third-order valence-corrected chi connectivity index (χ3v) is 4.46. The molecular weight excluding hydrogens is 438 g/mol. The number of halogens is 5. The Hall–Kier alpha value is -3.10. The average molecular weight is 452 g/mol. The lowest BCUT2D eigenvalue weighted by atomic mass is 10.1. The molecule has 0 saturated carbocycles. The number of alkyl halides is 3. The Morgan fingerprint density at radius 3 is 2.23 bits per heavy atom. The summed E-state index contributed by atoms with van der Waals surface area (Å²) in [6.45, 7) is 0. The minimum absolute atomic E-state index is 0. The van der Waals surface area contributed by atoms with Crippen molar-refractivity contribution in [2.75, 3.05) is 5.73 Å². The summed E-state index contributed by atoms with van der Waals surface area (Å²) in [5.74, 6) is 0.451. The summed E-state index contributed by atoms with van der Waals surface area (Å²) in [4.78, 5) is 12.6. The summed E-state index contributed by atoms with van der Waals surface area (Å²) in [5, 5.41) is 0.484. The molecule has 30 heavy (non-hydrogen) atoms. The largest absolute Gasteiger partial charge is 0.416 e. The van der Waals surface area contributed by atoms with Crippen molar-refractivity contribution < 1.29 is 13.2 Å². The van der Waals surface area contributed by atoms with Gasteiger partial charge in [0.2, 0.25) is 0 Å². The molecule has 0 amide bonds. The number of hydrogen-bond donors (Lipinski definition) is 1. The van der Waals surface area contributed by atoms with E-state index >= 15 is 0 Å². The quantitative estimate of drug-likeness (QED) is 0.435. The summed E-state index contributed by atoms with van der Waals surface area (Å²) in [6, 6.07) is 11.8. The fourth-order valence-corrected chi connectivity index (χ4v) is 2.86. The Balaban J connectivity index is 0.00000256. The van der Waals surface area contributed by atoms with E-state index in [1.54, 1.807) is 48.8 Å². The van der Waals surface area contributed by atoms with Gasteiger partial charge < -0.3 is 5.73 Å². The Bertz CT molecular complexity index is 1160. The molecule has 4 aromatic rings. The zero-order valence-corrected chi connectivity index (χ0v) is 16.7. The fourth-order valence-electron chi connectivity index (χ4n) is 2.73. The van der Waals surface area contributed by atoms with Crippen LogP contribution in [0.25, 0.3) is 28.3 Å². The van der Waals surface area contributed by atoms with Gasteiger partial charge in [0.15, 0.2) is 0 Å². The molecule has 1 aromatic carbocycles. The van der Waals surface area contributed by atoms with Crippen LogP contribution in [-0.4, -0.2) is 19.5 Å². The molecule has 0 aliphatic rings. The number of aromatic nitrogens is 4. The second kappa shape index (κ2) is 8.33. The Labute approximate surface area is 180 Å². The van der Waals surface area contributed by atoms with Crippen molar-refractivity contribution in [1.82, 2.24) is 19.5 Å². The molecule has 10 heteroatoms. The van der Waals surface area contributed by atoms with E-state index in [0.717, 1.165) is 12.1 Å². The van der Waals surface area contributed by atoms with Crippen LogP contribution in [-0.2, 0) is 6.18 Å². The number of pyridine rings is 2. The molecule has 2 N–H and O–H groups in total. The molecule has 4 rings (SSSR count). The Morgan fingerprint density at radius 2 is 1.60 bits per heavy atom. The summed E-state index contributed by atoms with van der Waals surface area (Å²) in [6.07, 6.45) is 0.00498. The smallest absolute Gasteiger partial charge is 0.384 e. The second-order valence-corrected chi connectivity index (χ2v) is 6.68. The highest BCUT2D eigenvalue weighted by Crippen LogP contribution is 2.33. The lowest BCUT2D eigenvalue weighted by molar-refractivity contribution is -0.137. The van der Waals surface area contributed by atoms with E-state index in [4.69, 9.17) is 17.3 Å². The Kier molecular flexibility index (Phi) is 6.00. The summed E-state index contributed by atoms with van der Waals surface area (Å²) >= 11 is 5.88. The second-order valence-electron chi connectivity index (χ2n) is 6.24. The van der Waals surface area contributed by atoms with Gasteiger partial charge in [0, 0.05) is 28.5 Å². The predicted octanol–water partition coefficient (Wildman–Crippen LogP) is 5.67. The first-order chi connectivity index (χ1) is 13.8. The molecule has 3 heterocycles. The molecule has 0 unspecified atom stereocenters. The van der Waals surface area contributed by atoms with Crippen LogP contribution in [0.3, 0.4) is 0 Å². The molecule has 0 saturated heterocycles. The van der Waals surface area contributed by atoms with Crippen LogP contribution in [0, 0.1) is 0 Å². The minimum atomic E-state index is -4.52. The van der Waals surface area contributed by atoms with Gasteiger partial charge >= 0.3 is 6.18 Å². The number of rotatable bonds is 3. The van der Waals surface area contributed by atoms with Gasteiger partial charge in [-0.2, -0.15) is 13.2 Å². The third kappa shape index (κ3) is 4.55. The number of hydrogen-bond acceptors (Lipinski definition) is 4. The van der Waals surface area contributed by atoms with E-state index in [2.05, 4.69) is 15.0 Å². The number of imidazole rings is 1. The van der Waals surface area contributed by atoms with Crippen LogP contribution in [0.4, 0.5) is 19.0 Å². The minimum Gasteiger partial charge on any atom is -0.384 e. The third-order valence-electron chi connectivity index (χ3n) is 4.21. The highest BCUT2D eigenvalue weighted by Gasteiger charge is 2.32. The molecule has 0 radical (unpaired) electrons. The van der Waals surface area contributed by atoms with Crippen molar-refractivity contribution in [2.45, 2.75) is 6.18 Å². The highest BCUT2D eigenvalue weighted by molar-refractivity contribution is 6.30. The van der Waals surface area contributed by atoms with Crippen LogP contribution in [0.1, 0.15) is 5.56 Å². The van der Waals surface area contributed by atoms with E-state index in [9.17, 15) is 13.2 Å². The van der Waals surface area contributed by atoms with Gasteiger partial charge in [-0.1, -0.05) is 23.7 Å². The first-order valence-corrected chi connectivity index (χ1v) is 8.79. The Morgan fingerprint density at radius 1 is 0.900 bits per heavy atom. The van der Waals surface area contributed by atoms with E-state index in [1.165, 1.54) is 10.9 Å². The molecule has 0 spiro atoms. The molecule has 0 atom stereocenters. The topological polar surface area (TPSA) is 69.6 Å². The highest BCUT2D eigenvalue weighted by atomic mass is 35.5. The zero-order chi connectivity index (χ0) is 20.6. The molecule has 0 aliphatic heterocycles. The summed E-state index contributed by atoms with van der Waals surface area (Å²) < 4.78 is 41.8. The van der Waals surface area contributed by atoms with Gasteiger partial charge in [-0.05, 0) is 36.4 Å². The van der Waals surface area contributed by atoms with E-state index in [0.29, 0.717) is 27.7 Å². The lowest BCUT2D eigenvalue weighted by Crippen LogP contribution is -2.08. The first kappa shape index (κ1) is 21.6. The zero-order valence-electron chi connectivity index (χ0n) is 15.1. The lowest BCUT2D eigenvalue weighted by Gasteiger charge is -2.12. The summed E-state index contributed by atoms with van der Waals surface area (Å²) in [5.41, 5.74) is 6.68. The van der Waals surface area contributed by atoms with Gasteiger partial charge in [-0.3, -0.25) is 4.57 Å². The van der Waals surface area contributed by atoms with Gasteiger partial charge in [-0.15, -0.1) is 12.4 Å². The van der Waals surface area contributed by atoms with Crippen LogP contribution < -0.4 is 5.73 Å². The van der Waals surface area contributed by atoms with Crippen LogP contribution in [0.5, 0.6) is 0 Å². The molecular formula is C20H14Cl2F3N5. The van der Waals surface area contributed by atoms with Crippen molar-refractivity contribution >= 4 is 29.8 Å². The number of anilines is 1. The number of nitrogens with two attached hydrogens (primary N) is 1. The maximum absolute atomic E-state index is 13.5. The molecule has 154 valence electrons. The van der Waals surface area contributed by atoms with Crippen molar-refractivity contribution in [3.63, 3.8) is 0 Å². The SMILES string of the molecule is Cl.Nc1ccc(-c2cn(-c3cc(C(F)(F)F)cc(-c4ccc(Cl)cc4)n3)cn2)cn1. The van der Waals surface area contributed by atoms with Crippen LogP contribution >= 0.6 is 24.0 Å². The first-order valence-electron chi connectivity index (χ1n) is 8.41. The van der Waals surface area contributed by atoms with Gasteiger partial charge in [0.25, 0.3) is 0 Å². The van der Waals surface area contributed by atoms with Crippen molar-refractivity contribution in [3.8, 4) is 28.3 Å². The number of benzene rings is 1. The van der Waals surface area contributed by atoms with Gasteiger partial charge in [0.05, 0.1) is 17.0 Å². The predicted molar refractivity (Wildman–Crippen MR) is 112 cm³/mol. The fraction of sp³-hybridized carbons (Fsp3) is 0.0500. The normalized spacial score (nSPS) is 11.2.